The molecule has 0 aliphatic carbocycles. The van der Waals surface area contributed by atoms with Crippen molar-refractivity contribution >= 4 is 17.8 Å². The van der Waals surface area contributed by atoms with Crippen LogP contribution in [0.5, 0.6) is 0 Å². The number of carbonyl (C=O) groups excluding carboxylic acids is 3. The van der Waals surface area contributed by atoms with E-state index in [1.807, 2.05) is 20.8 Å². The largest absolute Gasteiger partial charge is 0.460 e. The summed E-state index contributed by atoms with van der Waals surface area (Å²) in [6.45, 7) is 8.13. The van der Waals surface area contributed by atoms with Crippen LogP contribution in [0, 0.1) is 11.8 Å². The van der Waals surface area contributed by atoms with Crippen LogP contribution in [0.15, 0.2) is 46.6 Å². The number of alkyl halides is 1. The summed E-state index contributed by atoms with van der Waals surface area (Å²) in [4.78, 5) is 44.1. The standard InChI is InChI=1S/C28H38FN3O6/c1-17(2)26-19(4)9-10-24(34)30-11-5-7-18(3)13-21(33)14-20(29)15-25-31-22(16-37-25)27(35)32-12-6-8-23(32)28(36)38-26/h5,7,9-10,13,16-17,19-21,23,26,33H,6,8,11-12,14-15H2,1-4H3,(H,30,34)/b7-5+,10-9?,18-13+/t19-,20-,21-,23-,26-/m1/s1. The maximum atomic E-state index is 14.6. The third kappa shape index (κ3) is 8.11. The van der Waals surface area contributed by atoms with E-state index >= 15 is 0 Å². The second-order valence-corrected chi connectivity index (χ2v) is 10.3. The number of rotatable bonds is 1. The van der Waals surface area contributed by atoms with E-state index < -0.39 is 36.3 Å². The fraction of sp³-hybridized carbons (Fsp3) is 0.571. The van der Waals surface area contributed by atoms with Gasteiger partial charge in [0.1, 0.15) is 24.6 Å². The number of halogens is 1. The van der Waals surface area contributed by atoms with Crippen LogP contribution in [-0.2, 0) is 20.7 Å². The van der Waals surface area contributed by atoms with Crippen molar-refractivity contribution in [1.82, 2.24) is 15.2 Å². The number of aromatic nitrogens is 1. The SMILES string of the molecule is CC1=C\[C@@H](O)C[C@@H](F)Cc2nc(co2)C(=O)N2CCC[C@@H]2C(=O)O[C@H](C(C)C)[C@H](C)C=CC(=O)NC\C=C\1. The number of aliphatic hydroxyl groups is 1. The number of cyclic esters (lactones) is 1. The number of oxazole rings is 1. The molecule has 208 valence electrons. The minimum Gasteiger partial charge on any atom is -0.460 e. The molecule has 1 aromatic rings. The molecule has 1 saturated heterocycles. The molecule has 0 spiro atoms. The van der Waals surface area contributed by atoms with E-state index in [9.17, 15) is 23.9 Å². The van der Waals surface area contributed by atoms with Gasteiger partial charge in [0.15, 0.2) is 11.6 Å². The molecule has 1 aromatic heterocycles. The number of carbonyl (C=O) groups is 3. The van der Waals surface area contributed by atoms with Crippen LogP contribution >= 0.6 is 0 Å². The fourth-order valence-corrected chi connectivity index (χ4v) is 4.74. The van der Waals surface area contributed by atoms with Gasteiger partial charge in [-0.15, -0.1) is 0 Å². The highest BCUT2D eigenvalue weighted by atomic mass is 19.1. The number of ether oxygens (including phenoxy) is 1. The summed E-state index contributed by atoms with van der Waals surface area (Å²) in [5.74, 6) is -1.51. The van der Waals surface area contributed by atoms with Crippen LogP contribution in [0.1, 0.15) is 63.3 Å². The van der Waals surface area contributed by atoms with E-state index in [4.69, 9.17) is 9.15 Å². The van der Waals surface area contributed by atoms with E-state index in [1.165, 1.54) is 23.3 Å². The lowest BCUT2D eigenvalue weighted by molar-refractivity contribution is -0.158. The second-order valence-electron chi connectivity index (χ2n) is 10.3. The maximum Gasteiger partial charge on any atom is 0.329 e. The first-order valence-corrected chi connectivity index (χ1v) is 13.1. The van der Waals surface area contributed by atoms with Crippen LogP contribution in [0.25, 0.3) is 0 Å². The van der Waals surface area contributed by atoms with Gasteiger partial charge in [-0.1, -0.05) is 50.6 Å². The van der Waals surface area contributed by atoms with E-state index in [2.05, 4.69) is 10.3 Å². The lowest BCUT2D eigenvalue weighted by Gasteiger charge is -2.29. The summed E-state index contributed by atoms with van der Waals surface area (Å²) < 4.78 is 25.8. The number of hydrogen-bond acceptors (Lipinski definition) is 7. The normalized spacial score (nSPS) is 30.8. The van der Waals surface area contributed by atoms with Crippen molar-refractivity contribution in [2.24, 2.45) is 11.8 Å². The Morgan fingerprint density at radius 3 is 2.74 bits per heavy atom. The van der Waals surface area contributed by atoms with Crippen molar-refractivity contribution in [3.05, 3.63) is 53.8 Å². The minimum absolute atomic E-state index is 0.00515. The first-order valence-electron chi connectivity index (χ1n) is 13.1. The maximum absolute atomic E-state index is 14.6. The molecule has 2 N–H and O–H groups in total. The van der Waals surface area contributed by atoms with Gasteiger partial charge >= 0.3 is 5.97 Å². The molecular weight excluding hydrogens is 493 g/mol. The van der Waals surface area contributed by atoms with Gasteiger partial charge in [-0.2, -0.15) is 0 Å². The predicted octanol–water partition coefficient (Wildman–Crippen LogP) is 3.30. The summed E-state index contributed by atoms with van der Waals surface area (Å²) in [6, 6.07) is -0.768. The molecule has 0 radical (unpaired) electrons. The Balaban J connectivity index is 1.85. The minimum atomic E-state index is -1.45. The quantitative estimate of drug-likeness (QED) is 0.533. The molecule has 3 rings (SSSR count). The van der Waals surface area contributed by atoms with E-state index in [0.29, 0.717) is 25.0 Å². The summed E-state index contributed by atoms with van der Waals surface area (Å²) in [5, 5.41) is 13.0. The van der Waals surface area contributed by atoms with Crippen molar-refractivity contribution in [3.63, 3.8) is 0 Å². The molecule has 5 atom stereocenters. The van der Waals surface area contributed by atoms with Crippen molar-refractivity contribution in [2.45, 2.75) is 77.8 Å². The Hall–Kier alpha value is -3.27. The lowest BCUT2D eigenvalue weighted by atomic mass is 9.94. The van der Waals surface area contributed by atoms with Gasteiger partial charge in [-0.25, -0.2) is 14.2 Å². The molecule has 9 nitrogen and oxygen atoms in total. The van der Waals surface area contributed by atoms with E-state index in [1.54, 1.807) is 25.2 Å². The third-order valence-corrected chi connectivity index (χ3v) is 6.66. The van der Waals surface area contributed by atoms with Gasteiger partial charge in [-0.05, 0) is 31.8 Å². The lowest BCUT2D eigenvalue weighted by Crippen LogP contribution is -2.44. The van der Waals surface area contributed by atoms with Crippen molar-refractivity contribution in [2.75, 3.05) is 13.1 Å². The van der Waals surface area contributed by atoms with Gasteiger partial charge in [0.25, 0.3) is 5.91 Å². The fourth-order valence-electron chi connectivity index (χ4n) is 4.74. The van der Waals surface area contributed by atoms with Crippen LogP contribution in [0.2, 0.25) is 0 Å². The molecule has 0 unspecified atom stereocenters. The molecule has 1 fully saturated rings. The Kier molecular flexibility index (Phi) is 10.4. The Morgan fingerprint density at radius 1 is 1.24 bits per heavy atom. The highest BCUT2D eigenvalue weighted by molar-refractivity contribution is 5.95. The summed E-state index contributed by atoms with van der Waals surface area (Å²) in [7, 11) is 0. The van der Waals surface area contributed by atoms with Gasteiger partial charge < -0.3 is 24.5 Å². The first-order chi connectivity index (χ1) is 18.0. The van der Waals surface area contributed by atoms with E-state index in [0.717, 1.165) is 0 Å². The Bertz CT molecular complexity index is 1080. The topological polar surface area (TPSA) is 122 Å². The van der Waals surface area contributed by atoms with Crippen LogP contribution in [0.3, 0.4) is 0 Å². The zero-order valence-electron chi connectivity index (χ0n) is 22.4. The molecular formula is C28H38FN3O6. The third-order valence-electron chi connectivity index (χ3n) is 6.66. The number of fused-ring (bicyclic) bond motifs is 3. The van der Waals surface area contributed by atoms with Gasteiger partial charge in [0.2, 0.25) is 5.91 Å². The molecule has 2 amide bonds. The first kappa shape index (κ1) is 29.3. The zero-order chi connectivity index (χ0) is 27.8. The number of allylic oxidation sites excluding steroid dienone is 2. The summed E-state index contributed by atoms with van der Waals surface area (Å²) in [5.41, 5.74) is 0.710. The van der Waals surface area contributed by atoms with Gasteiger partial charge in [0.05, 0.1) is 12.5 Å². The number of amides is 2. The molecule has 0 saturated carbocycles. The second kappa shape index (κ2) is 13.5. The van der Waals surface area contributed by atoms with Crippen molar-refractivity contribution in [1.29, 1.82) is 0 Å². The molecule has 0 aromatic carbocycles. The Morgan fingerprint density at radius 2 is 2.00 bits per heavy atom. The predicted molar refractivity (Wildman–Crippen MR) is 139 cm³/mol. The summed E-state index contributed by atoms with van der Waals surface area (Å²) >= 11 is 0. The Labute approximate surface area is 222 Å². The molecule has 2 aliphatic rings. The highest BCUT2D eigenvalue weighted by Crippen LogP contribution is 2.25. The average molecular weight is 532 g/mol. The number of nitrogens with zero attached hydrogens (tertiary/aromatic N) is 2. The van der Waals surface area contributed by atoms with Gasteiger partial charge in [-0.3, -0.25) is 9.59 Å². The van der Waals surface area contributed by atoms with Crippen LogP contribution < -0.4 is 5.32 Å². The molecule has 3 heterocycles. The zero-order valence-corrected chi connectivity index (χ0v) is 22.4. The van der Waals surface area contributed by atoms with E-state index in [-0.39, 0.29) is 48.7 Å². The van der Waals surface area contributed by atoms with Crippen molar-refractivity contribution < 1.29 is 33.0 Å². The monoisotopic (exact) mass is 531 g/mol. The van der Waals surface area contributed by atoms with Gasteiger partial charge in [0, 0.05) is 25.4 Å². The molecule has 2 aliphatic heterocycles. The summed E-state index contributed by atoms with van der Waals surface area (Å²) in [6.07, 6.45) is 7.01. The number of nitrogens with one attached hydrogen (secondary N) is 1. The van der Waals surface area contributed by atoms with Crippen LogP contribution in [-0.4, -0.2) is 70.3 Å². The smallest absolute Gasteiger partial charge is 0.329 e. The highest BCUT2D eigenvalue weighted by Gasteiger charge is 2.38. The molecule has 2 bridgehead atoms. The van der Waals surface area contributed by atoms with Crippen LogP contribution in [0.4, 0.5) is 4.39 Å². The molecule has 10 heteroatoms. The molecule has 38 heavy (non-hydrogen) atoms. The number of hydrogen-bond donors (Lipinski definition) is 2. The van der Waals surface area contributed by atoms with Crippen molar-refractivity contribution in [3.8, 4) is 0 Å². The number of esters is 1. The number of aliphatic hydroxyl groups excluding tert-OH is 1. The average Bonchev–Trinajstić information content (AvgIpc) is 3.52.